The molecule has 0 bridgehead atoms. The molecule has 27 heavy (non-hydrogen) atoms. The number of nitro benzene ring substituents is 1. The Morgan fingerprint density at radius 2 is 1.74 bits per heavy atom. The molecule has 0 aliphatic carbocycles. The van der Waals surface area contributed by atoms with Gasteiger partial charge in [0, 0.05) is 12.1 Å². The first-order chi connectivity index (χ1) is 13.1. The Bertz CT molecular complexity index is 766. The van der Waals surface area contributed by atoms with Gasteiger partial charge in [0.1, 0.15) is 5.75 Å². The Hall–Kier alpha value is -2.62. The monoisotopic (exact) mass is 367 g/mol. The normalized spacial score (nSPS) is 12.3. The van der Waals surface area contributed by atoms with Gasteiger partial charge < -0.3 is 4.74 Å². The second-order valence-electron chi connectivity index (χ2n) is 6.87. The Kier molecular flexibility index (Phi) is 8.05. The minimum Gasteiger partial charge on any atom is -0.496 e. The second-order valence-corrected chi connectivity index (χ2v) is 6.87. The molecule has 4 nitrogen and oxygen atoms in total. The standard InChI is InChI=1S/C23H29NO3/c1-4-6-7-18(5-2)16-21-13-10-20(17-23(21)27-3)9-8-19-11-14-22(15-12-19)24(25)26/h8-15,17-18H,4-7,16H2,1-3H3/b9-8+. The van der Waals surface area contributed by atoms with Gasteiger partial charge in [0.2, 0.25) is 0 Å². The summed E-state index contributed by atoms with van der Waals surface area (Å²) in [4.78, 5) is 10.3. The SMILES string of the molecule is CCCCC(CC)Cc1ccc(/C=C/c2ccc([N+](=O)[O-])cc2)cc1OC. The lowest BCUT2D eigenvalue weighted by atomic mass is 9.91. The third-order valence-corrected chi connectivity index (χ3v) is 4.94. The van der Waals surface area contributed by atoms with Gasteiger partial charge in [-0.3, -0.25) is 10.1 Å². The maximum Gasteiger partial charge on any atom is 0.269 e. The first-order valence-electron chi connectivity index (χ1n) is 9.66. The van der Waals surface area contributed by atoms with E-state index in [2.05, 4.69) is 32.0 Å². The van der Waals surface area contributed by atoms with E-state index >= 15 is 0 Å². The van der Waals surface area contributed by atoms with Gasteiger partial charge in [0.15, 0.2) is 0 Å². The van der Waals surface area contributed by atoms with Gasteiger partial charge in [-0.1, -0.05) is 63.8 Å². The van der Waals surface area contributed by atoms with Crippen LogP contribution in [0.2, 0.25) is 0 Å². The number of unbranched alkanes of at least 4 members (excludes halogenated alkanes) is 1. The molecule has 2 aromatic rings. The maximum absolute atomic E-state index is 10.7. The van der Waals surface area contributed by atoms with E-state index in [-0.39, 0.29) is 10.6 Å². The number of methoxy groups -OCH3 is 1. The van der Waals surface area contributed by atoms with E-state index in [4.69, 9.17) is 4.74 Å². The molecule has 0 aliphatic rings. The first kappa shape index (κ1) is 20.7. The van der Waals surface area contributed by atoms with Gasteiger partial charge in [0.25, 0.3) is 5.69 Å². The highest BCUT2D eigenvalue weighted by atomic mass is 16.6. The number of nitrogens with zero attached hydrogens (tertiary/aromatic N) is 1. The quantitative estimate of drug-likeness (QED) is 0.272. The summed E-state index contributed by atoms with van der Waals surface area (Å²) in [5.74, 6) is 1.62. The third kappa shape index (κ3) is 6.24. The van der Waals surface area contributed by atoms with Crippen molar-refractivity contribution in [3.8, 4) is 5.75 Å². The van der Waals surface area contributed by atoms with Crippen molar-refractivity contribution in [1.82, 2.24) is 0 Å². The number of hydrogen-bond acceptors (Lipinski definition) is 3. The van der Waals surface area contributed by atoms with Gasteiger partial charge in [-0.05, 0) is 47.2 Å². The third-order valence-electron chi connectivity index (χ3n) is 4.94. The molecule has 2 aromatic carbocycles. The molecule has 0 spiro atoms. The number of rotatable bonds is 10. The van der Waals surface area contributed by atoms with Crippen LogP contribution >= 0.6 is 0 Å². The highest BCUT2D eigenvalue weighted by Gasteiger charge is 2.11. The summed E-state index contributed by atoms with van der Waals surface area (Å²) < 4.78 is 5.62. The van der Waals surface area contributed by atoms with Crippen LogP contribution in [0.25, 0.3) is 12.2 Å². The lowest BCUT2D eigenvalue weighted by Gasteiger charge is -2.17. The minimum atomic E-state index is -0.388. The van der Waals surface area contributed by atoms with Crippen LogP contribution in [0.5, 0.6) is 5.75 Å². The molecule has 0 saturated heterocycles. The molecular formula is C23H29NO3. The van der Waals surface area contributed by atoms with E-state index in [1.807, 2.05) is 12.2 Å². The molecule has 0 aromatic heterocycles. The highest BCUT2D eigenvalue weighted by Crippen LogP contribution is 2.27. The molecule has 4 heteroatoms. The number of ether oxygens (including phenoxy) is 1. The number of nitro groups is 1. The Labute approximate surface area is 162 Å². The van der Waals surface area contributed by atoms with Crippen molar-refractivity contribution in [2.75, 3.05) is 7.11 Å². The Morgan fingerprint density at radius 1 is 1.07 bits per heavy atom. The van der Waals surface area contributed by atoms with Crippen molar-refractivity contribution in [2.24, 2.45) is 5.92 Å². The van der Waals surface area contributed by atoms with Crippen LogP contribution < -0.4 is 4.74 Å². The van der Waals surface area contributed by atoms with Gasteiger partial charge in [-0.25, -0.2) is 0 Å². The summed E-state index contributed by atoms with van der Waals surface area (Å²) in [6.45, 7) is 4.49. The zero-order valence-corrected chi connectivity index (χ0v) is 16.5. The zero-order chi connectivity index (χ0) is 19.6. The van der Waals surface area contributed by atoms with E-state index in [1.165, 1.54) is 43.4 Å². The average molecular weight is 367 g/mol. The number of hydrogen-bond donors (Lipinski definition) is 0. The largest absolute Gasteiger partial charge is 0.496 e. The van der Waals surface area contributed by atoms with Crippen molar-refractivity contribution >= 4 is 17.8 Å². The Morgan fingerprint density at radius 3 is 2.33 bits per heavy atom. The summed E-state index contributed by atoms with van der Waals surface area (Å²) in [5, 5.41) is 10.7. The van der Waals surface area contributed by atoms with Crippen LogP contribution in [0.15, 0.2) is 42.5 Å². The molecule has 0 radical (unpaired) electrons. The number of non-ortho nitro benzene ring substituents is 1. The molecular weight excluding hydrogens is 338 g/mol. The summed E-state index contributed by atoms with van der Waals surface area (Å²) in [6, 6.07) is 12.9. The van der Waals surface area contributed by atoms with Gasteiger partial charge in [-0.15, -0.1) is 0 Å². The molecule has 0 heterocycles. The Balaban J connectivity index is 2.11. The van der Waals surface area contributed by atoms with E-state index in [0.29, 0.717) is 5.92 Å². The van der Waals surface area contributed by atoms with Gasteiger partial charge >= 0.3 is 0 Å². The predicted octanol–water partition coefficient (Wildman–Crippen LogP) is 6.53. The van der Waals surface area contributed by atoms with Crippen molar-refractivity contribution in [1.29, 1.82) is 0 Å². The van der Waals surface area contributed by atoms with Gasteiger partial charge in [0.05, 0.1) is 12.0 Å². The van der Waals surface area contributed by atoms with E-state index in [1.54, 1.807) is 19.2 Å². The molecule has 0 aliphatic heterocycles. The summed E-state index contributed by atoms with van der Waals surface area (Å²) in [7, 11) is 1.72. The molecule has 0 saturated carbocycles. The van der Waals surface area contributed by atoms with Crippen molar-refractivity contribution in [3.05, 3.63) is 69.3 Å². The van der Waals surface area contributed by atoms with Crippen LogP contribution in [0.3, 0.4) is 0 Å². The zero-order valence-electron chi connectivity index (χ0n) is 16.5. The predicted molar refractivity (Wildman–Crippen MR) is 112 cm³/mol. The fourth-order valence-corrected chi connectivity index (χ4v) is 3.19. The summed E-state index contributed by atoms with van der Waals surface area (Å²) in [5.41, 5.74) is 3.34. The van der Waals surface area contributed by atoms with Gasteiger partial charge in [-0.2, -0.15) is 0 Å². The molecule has 0 amide bonds. The topological polar surface area (TPSA) is 52.4 Å². The maximum atomic E-state index is 10.7. The van der Waals surface area contributed by atoms with Crippen molar-refractivity contribution < 1.29 is 9.66 Å². The highest BCUT2D eigenvalue weighted by molar-refractivity contribution is 5.71. The smallest absolute Gasteiger partial charge is 0.269 e. The van der Waals surface area contributed by atoms with E-state index < -0.39 is 0 Å². The van der Waals surface area contributed by atoms with Crippen LogP contribution in [0.1, 0.15) is 56.2 Å². The average Bonchev–Trinajstić information content (AvgIpc) is 2.70. The number of benzene rings is 2. The summed E-state index contributed by atoms with van der Waals surface area (Å²) >= 11 is 0. The van der Waals surface area contributed by atoms with Crippen molar-refractivity contribution in [3.63, 3.8) is 0 Å². The van der Waals surface area contributed by atoms with E-state index in [0.717, 1.165) is 23.3 Å². The lowest BCUT2D eigenvalue weighted by Crippen LogP contribution is -2.05. The fraction of sp³-hybridized carbons (Fsp3) is 0.391. The lowest BCUT2D eigenvalue weighted by molar-refractivity contribution is -0.384. The molecule has 0 fully saturated rings. The van der Waals surface area contributed by atoms with Crippen LogP contribution in [-0.2, 0) is 6.42 Å². The van der Waals surface area contributed by atoms with Crippen molar-refractivity contribution in [2.45, 2.75) is 46.0 Å². The molecule has 144 valence electrons. The van der Waals surface area contributed by atoms with Crippen LogP contribution in [0, 0.1) is 16.0 Å². The minimum absolute atomic E-state index is 0.103. The fourth-order valence-electron chi connectivity index (χ4n) is 3.19. The summed E-state index contributed by atoms with van der Waals surface area (Å²) in [6.07, 6.45) is 9.96. The molecule has 0 N–H and O–H groups in total. The molecule has 2 rings (SSSR count). The first-order valence-corrected chi connectivity index (χ1v) is 9.66. The second kappa shape index (κ2) is 10.5. The van der Waals surface area contributed by atoms with E-state index in [9.17, 15) is 10.1 Å². The molecule has 1 unspecified atom stereocenters. The van der Waals surface area contributed by atoms with Crippen LogP contribution in [0.4, 0.5) is 5.69 Å². The van der Waals surface area contributed by atoms with Crippen LogP contribution in [-0.4, -0.2) is 12.0 Å². The molecule has 1 atom stereocenters.